The Kier molecular flexibility index (Phi) is 2.45. The van der Waals surface area contributed by atoms with Gasteiger partial charge >= 0.3 is 0 Å². The summed E-state index contributed by atoms with van der Waals surface area (Å²) in [7, 11) is 0. The predicted octanol–water partition coefficient (Wildman–Crippen LogP) is -1.03. The van der Waals surface area contributed by atoms with Gasteiger partial charge in [-0.1, -0.05) is 0 Å². The van der Waals surface area contributed by atoms with Gasteiger partial charge in [-0.3, -0.25) is 4.79 Å². The van der Waals surface area contributed by atoms with Gasteiger partial charge in [-0.25, -0.2) is 0 Å². The molecule has 0 spiro atoms. The summed E-state index contributed by atoms with van der Waals surface area (Å²) in [6.07, 6.45) is 2.11. The molecule has 0 aliphatic carbocycles. The fourth-order valence-electron chi connectivity index (χ4n) is 1.56. The summed E-state index contributed by atoms with van der Waals surface area (Å²) in [6, 6.07) is 0. The normalized spacial score (nSPS) is 15.4. The largest absolute Gasteiger partial charge is 0.333 e. The zero-order valence-electron chi connectivity index (χ0n) is 7.89. The Morgan fingerprint density at radius 3 is 3.21 bits per heavy atom. The molecular weight excluding hydrogens is 182 g/mol. The van der Waals surface area contributed by atoms with Gasteiger partial charge in [0.25, 0.3) is 0 Å². The lowest BCUT2D eigenvalue weighted by molar-refractivity contribution is -0.132. The molecule has 0 atom stereocenters. The van der Waals surface area contributed by atoms with Crippen molar-refractivity contribution in [3.8, 4) is 0 Å². The lowest BCUT2D eigenvalue weighted by Gasteiger charge is -2.26. The molecule has 2 rings (SSSR count). The smallest absolute Gasteiger partial charge is 0.224 e. The second-order valence-electron chi connectivity index (χ2n) is 3.29. The quantitative estimate of drug-likeness (QED) is 0.654. The zero-order valence-corrected chi connectivity index (χ0v) is 7.89. The first-order valence-corrected chi connectivity index (χ1v) is 4.66. The van der Waals surface area contributed by atoms with Gasteiger partial charge in [-0.05, 0) is 0 Å². The van der Waals surface area contributed by atoms with Crippen molar-refractivity contribution in [3.05, 3.63) is 12.2 Å². The van der Waals surface area contributed by atoms with Crippen LogP contribution >= 0.6 is 0 Å². The first kappa shape index (κ1) is 9.14. The highest BCUT2D eigenvalue weighted by Crippen LogP contribution is 2.09. The van der Waals surface area contributed by atoms with E-state index in [1.165, 1.54) is 0 Å². The number of hydrogen-bond donors (Lipinski definition) is 1. The van der Waals surface area contributed by atoms with E-state index in [9.17, 15) is 4.79 Å². The topological polar surface area (TPSA) is 77.0 Å². The molecule has 0 saturated carbocycles. The van der Waals surface area contributed by atoms with E-state index in [1.54, 1.807) is 11.2 Å². The van der Waals surface area contributed by atoms with E-state index in [4.69, 9.17) is 5.73 Å². The van der Waals surface area contributed by atoms with Crippen molar-refractivity contribution >= 4 is 5.91 Å². The molecule has 0 aromatic carbocycles. The molecule has 0 saturated heterocycles. The minimum Gasteiger partial charge on any atom is -0.333 e. The van der Waals surface area contributed by atoms with Crippen molar-refractivity contribution in [2.75, 3.05) is 13.1 Å². The van der Waals surface area contributed by atoms with Crippen LogP contribution in [0.5, 0.6) is 0 Å². The fraction of sp³-hybridized carbons (Fsp3) is 0.625. The summed E-state index contributed by atoms with van der Waals surface area (Å²) in [5.41, 5.74) is 5.33. The van der Waals surface area contributed by atoms with Crippen LogP contribution in [0.15, 0.2) is 6.33 Å². The van der Waals surface area contributed by atoms with E-state index < -0.39 is 0 Å². The average molecular weight is 195 g/mol. The number of nitrogens with zero attached hydrogens (tertiary/aromatic N) is 4. The van der Waals surface area contributed by atoms with Gasteiger partial charge in [0.15, 0.2) is 5.82 Å². The number of amides is 1. The maximum atomic E-state index is 11.5. The summed E-state index contributed by atoms with van der Waals surface area (Å²) < 4.78 is 1.96. The third kappa shape index (κ3) is 1.60. The number of hydrogen-bond acceptors (Lipinski definition) is 4. The van der Waals surface area contributed by atoms with Gasteiger partial charge < -0.3 is 15.2 Å². The van der Waals surface area contributed by atoms with Crippen molar-refractivity contribution in [2.24, 2.45) is 5.73 Å². The van der Waals surface area contributed by atoms with E-state index in [0.29, 0.717) is 19.5 Å². The Hall–Kier alpha value is -1.43. The molecule has 6 heteroatoms. The van der Waals surface area contributed by atoms with E-state index in [-0.39, 0.29) is 5.91 Å². The highest BCUT2D eigenvalue weighted by atomic mass is 16.2. The van der Waals surface area contributed by atoms with Gasteiger partial charge in [-0.2, -0.15) is 0 Å². The van der Waals surface area contributed by atoms with Gasteiger partial charge in [0.05, 0.1) is 6.54 Å². The van der Waals surface area contributed by atoms with E-state index in [2.05, 4.69) is 10.2 Å². The highest BCUT2D eigenvalue weighted by molar-refractivity contribution is 5.76. The summed E-state index contributed by atoms with van der Waals surface area (Å²) in [5.74, 6) is 0.948. The lowest BCUT2D eigenvalue weighted by Crippen LogP contribution is -2.38. The van der Waals surface area contributed by atoms with Crippen molar-refractivity contribution in [3.63, 3.8) is 0 Å². The Bertz CT molecular complexity index is 334. The molecule has 1 aromatic rings. The molecular formula is C8H13N5O. The third-order valence-electron chi connectivity index (χ3n) is 2.35. The third-order valence-corrected chi connectivity index (χ3v) is 2.35. The SMILES string of the molecule is NCCC(=O)N1CCn2cnnc2C1. The maximum Gasteiger partial charge on any atom is 0.224 e. The summed E-state index contributed by atoms with van der Waals surface area (Å²) in [6.45, 7) is 2.46. The number of carbonyl (C=O) groups excluding carboxylic acids is 1. The molecule has 0 radical (unpaired) electrons. The van der Waals surface area contributed by atoms with Gasteiger partial charge in [-0.15, -0.1) is 10.2 Å². The second-order valence-corrected chi connectivity index (χ2v) is 3.29. The predicted molar refractivity (Wildman–Crippen MR) is 49.1 cm³/mol. The summed E-state index contributed by atoms with van der Waals surface area (Å²) in [4.78, 5) is 13.3. The molecule has 2 N–H and O–H groups in total. The minimum absolute atomic E-state index is 0.0988. The standard InChI is InChI=1S/C8H13N5O/c9-2-1-8(14)12-3-4-13-6-10-11-7(13)5-12/h6H,1-5,9H2. The minimum atomic E-state index is 0.0988. The Morgan fingerprint density at radius 2 is 2.43 bits per heavy atom. The van der Waals surface area contributed by atoms with Crippen molar-refractivity contribution in [2.45, 2.75) is 19.5 Å². The second kappa shape index (κ2) is 3.75. The Labute approximate surface area is 81.7 Å². The molecule has 1 amide bonds. The highest BCUT2D eigenvalue weighted by Gasteiger charge is 2.20. The van der Waals surface area contributed by atoms with Crippen molar-refractivity contribution in [1.29, 1.82) is 0 Å². The first-order chi connectivity index (χ1) is 6.81. The number of carbonyl (C=O) groups is 1. The lowest BCUT2D eigenvalue weighted by atomic mass is 10.3. The molecule has 1 aliphatic rings. The Morgan fingerprint density at radius 1 is 1.57 bits per heavy atom. The molecule has 1 aromatic heterocycles. The molecule has 0 unspecified atom stereocenters. The molecule has 14 heavy (non-hydrogen) atoms. The van der Waals surface area contributed by atoms with Crippen molar-refractivity contribution in [1.82, 2.24) is 19.7 Å². The van der Waals surface area contributed by atoms with Crippen LogP contribution in [0.1, 0.15) is 12.2 Å². The molecule has 0 fully saturated rings. The maximum absolute atomic E-state index is 11.5. The summed E-state index contributed by atoms with van der Waals surface area (Å²) in [5, 5.41) is 7.73. The number of rotatable bonds is 2. The van der Waals surface area contributed by atoms with Crippen LogP contribution in [-0.2, 0) is 17.9 Å². The number of fused-ring (bicyclic) bond motifs is 1. The molecule has 6 nitrogen and oxygen atoms in total. The zero-order chi connectivity index (χ0) is 9.97. The summed E-state index contributed by atoms with van der Waals surface area (Å²) >= 11 is 0. The van der Waals surface area contributed by atoms with Gasteiger partial charge in [0.2, 0.25) is 5.91 Å². The number of nitrogens with two attached hydrogens (primary N) is 1. The average Bonchev–Trinajstić information content (AvgIpc) is 2.64. The van der Waals surface area contributed by atoms with E-state index >= 15 is 0 Å². The molecule has 1 aliphatic heterocycles. The van der Waals surface area contributed by atoms with Crippen molar-refractivity contribution < 1.29 is 4.79 Å². The van der Waals surface area contributed by atoms with Crippen LogP contribution in [0, 0.1) is 0 Å². The Balaban J connectivity index is 2.04. The molecule has 76 valence electrons. The van der Waals surface area contributed by atoms with Crippen LogP contribution in [0.4, 0.5) is 0 Å². The monoisotopic (exact) mass is 195 g/mol. The van der Waals surface area contributed by atoms with Gasteiger partial charge in [0, 0.05) is 26.1 Å². The van der Waals surface area contributed by atoms with Crippen LogP contribution < -0.4 is 5.73 Å². The molecule has 2 heterocycles. The molecule has 0 bridgehead atoms. The van der Waals surface area contributed by atoms with Crippen LogP contribution in [0.3, 0.4) is 0 Å². The van der Waals surface area contributed by atoms with Crippen LogP contribution in [0.2, 0.25) is 0 Å². The fourth-order valence-corrected chi connectivity index (χ4v) is 1.56. The first-order valence-electron chi connectivity index (χ1n) is 4.66. The van der Waals surface area contributed by atoms with E-state index in [1.807, 2.05) is 4.57 Å². The number of aromatic nitrogens is 3. The van der Waals surface area contributed by atoms with Crippen LogP contribution in [0.25, 0.3) is 0 Å². The van der Waals surface area contributed by atoms with Crippen LogP contribution in [-0.4, -0.2) is 38.7 Å². The van der Waals surface area contributed by atoms with Gasteiger partial charge in [0.1, 0.15) is 6.33 Å². The van der Waals surface area contributed by atoms with E-state index in [0.717, 1.165) is 18.9 Å².